The number of fused-ring (bicyclic) bond motifs is 1. The summed E-state index contributed by atoms with van der Waals surface area (Å²) in [4.78, 5) is 21.4. The minimum absolute atomic E-state index is 0.0751. The van der Waals surface area contributed by atoms with Crippen molar-refractivity contribution in [3.63, 3.8) is 0 Å². The number of carbonyl (C=O) groups is 1. The molecule has 0 saturated carbocycles. The van der Waals surface area contributed by atoms with Crippen LogP contribution in [-0.4, -0.2) is 35.4 Å². The molecule has 1 fully saturated rings. The van der Waals surface area contributed by atoms with E-state index >= 15 is 0 Å². The molecule has 4 heteroatoms. The van der Waals surface area contributed by atoms with Crippen molar-refractivity contribution < 1.29 is 4.79 Å². The lowest BCUT2D eigenvalue weighted by atomic mass is 9.99. The van der Waals surface area contributed by atoms with Crippen LogP contribution in [0, 0.1) is 5.92 Å². The van der Waals surface area contributed by atoms with E-state index in [1.54, 1.807) is 6.20 Å². The van der Waals surface area contributed by atoms with Crippen LogP contribution in [-0.2, 0) is 13.0 Å². The van der Waals surface area contributed by atoms with Gasteiger partial charge < -0.3 is 9.80 Å². The first kappa shape index (κ1) is 16.1. The minimum Gasteiger partial charge on any atom is -0.367 e. The zero-order valence-corrected chi connectivity index (χ0v) is 14.8. The molecule has 1 aromatic heterocycles. The van der Waals surface area contributed by atoms with Crippen molar-refractivity contribution in [2.24, 2.45) is 5.92 Å². The number of piperidine rings is 1. The standard InChI is InChI=1S/C21H25N3O/c1-16-7-11-23(12-8-16)21(25)20-14-19(6-10-22-20)24-13-9-17-4-2-3-5-18(17)15-24/h2-6,10,14,16H,7-9,11-13,15H2,1H3. The van der Waals surface area contributed by atoms with Crippen molar-refractivity contribution in [2.45, 2.75) is 32.7 Å². The molecule has 4 rings (SSSR count). The Kier molecular flexibility index (Phi) is 4.43. The number of hydrogen-bond acceptors (Lipinski definition) is 3. The molecule has 2 aliphatic rings. The monoisotopic (exact) mass is 335 g/mol. The SMILES string of the molecule is CC1CCN(C(=O)c2cc(N3CCc4ccccc4C3)ccn2)CC1. The molecule has 2 aromatic rings. The molecule has 0 aliphatic carbocycles. The minimum atomic E-state index is 0.0751. The highest BCUT2D eigenvalue weighted by Gasteiger charge is 2.23. The molecule has 1 aromatic carbocycles. The summed E-state index contributed by atoms with van der Waals surface area (Å²) in [7, 11) is 0. The fourth-order valence-electron chi connectivity index (χ4n) is 3.82. The Morgan fingerprint density at radius 3 is 2.64 bits per heavy atom. The number of amides is 1. The van der Waals surface area contributed by atoms with Crippen LogP contribution >= 0.6 is 0 Å². The van der Waals surface area contributed by atoms with E-state index in [1.165, 1.54) is 11.1 Å². The molecule has 25 heavy (non-hydrogen) atoms. The number of likely N-dealkylation sites (tertiary alicyclic amines) is 1. The van der Waals surface area contributed by atoms with Gasteiger partial charge in [-0.1, -0.05) is 31.2 Å². The molecule has 0 spiro atoms. The Bertz CT molecular complexity index is 765. The van der Waals surface area contributed by atoms with Gasteiger partial charge in [-0.3, -0.25) is 9.78 Å². The van der Waals surface area contributed by atoms with Gasteiger partial charge in [-0.2, -0.15) is 0 Å². The summed E-state index contributed by atoms with van der Waals surface area (Å²) in [5, 5.41) is 0. The first-order valence-corrected chi connectivity index (χ1v) is 9.28. The second kappa shape index (κ2) is 6.87. The number of anilines is 1. The second-order valence-corrected chi connectivity index (χ2v) is 7.31. The zero-order valence-electron chi connectivity index (χ0n) is 14.8. The molecule has 0 unspecified atom stereocenters. The molecule has 1 saturated heterocycles. The first-order valence-electron chi connectivity index (χ1n) is 9.28. The first-order chi connectivity index (χ1) is 12.2. The third-order valence-electron chi connectivity index (χ3n) is 5.53. The molecule has 0 N–H and O–H groups in total. The molecule has 0 radical (unpaired) electrons. The van der Waals surface area contributed by atoms with Crippen LogP contribution in [0.1, 0.15) is 41.4 Å². The zero-order chi connectivity index (χ0) is 17.2. The lowest BCUT2D eigenvalue weighted by Crippen LogP contribution is -2.38. The number of aromatic nitrogens is 1. The van der Waals surface area contributed by atoms with E-state index in [0.717, 1.165) is 57.0 Å². The van der Waals surface area contributed by atoms with E-state index in [0.29, 0.717) is 5.69 Å². The lowest BCUT2D eigenvalue weighted by Gasteiger charge is -2.32. The maximum absolute atomic E-state index is 12.8. The summed E-state index contributed by atoms with van der Waals surface area (Å²) in [5.74, 6) is 0.794. The topological polar surface area (TPSA) is 36.4 Å². The fraction of sp³-hybridized carbons (Fsp3) is 0.429. The number of pyridine rings is 1. The summed E-state index contributed by atoms with van der Waals surface area (Å²) in [6.45, 7) is 5.84. The molecule has 4 nitrogen and oxygen atoms in total. The Morgan fingerprint density at radius 2 is 1.84 bits per heavy atom. The van der Waals surface area contributed by atoms with Crippen LogP contribution in [0.4, 0.5) is 5.69 Å². The Hall–Kier alpha value is -2.36. The van der Waals surface area contributed by atoms with Gasteiger partial charge in [0.25, 0.3) is 5.91 Å². The van der Waals surface area contributed by atoms with E-state index in [-0.39, 0.29) is 5.91 Å². The van der Waals surface area contributed by atoms with Gasteiger partial charge in [0.15, 0.2) is 0 Å². The summed E-state index contributed by atoms with van der Waals surface area (Å²) >= 11 is 0. The van der Waals surface area contributed by atoms with E-state index < -0.39 is 0 Å². The number of nitrogens with zero attached hydrogens (tertiary/aromatic N) is 3. The van der Waals surface area contributed by atoms with Crippen molar-refractivity contribution in [1.82, 2.24) is 9.88 Å². The van der Waals surface area contributed by atoms with E-state index in [9.17, 15) is 4.79 Å². The van der Waals surface area contributed by atoms with Crippen LogP contribution in [0.25, 0.3) is 0 Å². The predicted molar refractivity (Wildman–Crippen MR) is 99.7 cm³/mol. The number of benzene rings is 1. The molecule has 0 atom stereocenters. The molecule has 3 heterocycles. The van der Waals surface area contributed by atoms with Gasteiger partial charge in [0, 0.05) is 38.1 Å². The fourth-order valence-corrected chi connectivity index (χ4v) is 3.82. The summed E-state index contributed by atoms with van der Waals surface area (Å²) in [6, 6.07) is 12.6. The highest BCUT2D eigenvalue weighted by Crippen LogP contribution is 2.25. The van der Waals surface area contributed by atoms with E-state index in [1.807, 2.05) is 17.0 Å². The molecular weight excluding hydrogens is 310 g/mol. The van der Waals surface area contributed by atoms with Crippen molar-refractivity contribution >= 4 is 11.6 Å². The quantitative estimate of drug-likeness (QED) is 0.842. The van der Waals surface area contributed by atoms with Gasteiger partial charge in [0.1, 0.15) is 5.69 Å². The van der Waals surface area contributed by atoms with Crippen molar-refractivity contribution in [1.29, 1.82) is 0 Å². The second-order valence-electron chi connectivity index (χ2n) is 7.31. The highest BCUT2D eigenvalue weighted by molar-refractivity contribution is 5.93. The van der Waals surface area contributed by atoms with E-state index in [2.05, 4.69) is 41.1 Å². The van der Waals surface area contributed by atoms with Gasteiger partial charge in [-0.15, -0.1) is 0 Å². The number of rotatable bonds is 2. The predicted octanol–water partition coefficient (Wildman–Crippen LogP) is 3.52. The Labute approximate surface area is 149 Å². The van der Waals surface area contributed by atoms with Crippen LogP contribution < -0.4 is 4.90 Å². The highest BCUT2D eigenvalue weighted by atomic mass is 16.2. The van der Waals surface area contributed by atoms with Crippen LogP contribution in [0.3, 0.4) is 0 Å². The van der Waals surface area contributed by atoms with Gasteiger partial charge in [-0.05, 0) is 48.4 Å². The van der Waals surface area contributed by atoms with Crippen molar-refractivity contribution in [3.8, 4) is 0 Å². The lowest BCUT2D eigenvalue weighted by molar-refractivity contribution is 0.0691. The number of hydrogen-bond donors (Lipinski definition) is 0. The molecule has 1 amide bonds. The average molecular weight is 335 g/mol. The van der Waals surface area contributed by atoms with Crippen LogP contribution in [0.15, 0.2) is 42.6 Å². The maximum Gasteiger partial charge on any atom is 0.272 e. The molecule has 2 aliphatic heterocycles. The summed E-state index contributed by atoms with van der Waals surface area (Å²) in [5.41, 5.74) is 4.49. The van der Waals surface area contributed by atoms with Gasteiger partial charge in [0.2, 0.25) is 0 Å². The normalized spacial score (nSPS) is 18.1. The molecular formula is C21H25N3O. The van der Waals surface area contributed by atoms with Crippen molar-refractivity contribution in [3.05, 3.63) is 59.4 Å². The van der Waals surface area contributed by atoms with Gasteiger partial charge in [0.05, 0.1) is 0 Å². The largest absolute Gasteiger partial charge is 0.367 e. The van der Waals surface area contributed by atoms with Gasteiger partial charge in [-0.25, -0.2) is 0 Å². The number of carbonyl (C=O) groups excluding carboxylic acids is 1. The molecule has 130 valence electrons. The Morgan fingerprint density at radius 1 is 1.08 bits per heavy atom. The van der Waals surface area contributed by atoms with Crippen LogP contribution in [0.2, 0.25) is 0 Å². The van der Waals surface area contributed by atoms with Gasteiger partial charge >= 0.3 is 0 Å². The van der Waals surface area contributed by atoms with Crippen LogP contribution in [0.5, 0.6) is 0 Å². The van der Waals surface area contributed by atoms with Crippen molar-refractivity contribution in [2.75, 3.05) is 24.5 Å². The molecule has 0 bridgehead atoms. The smallest absolute Gasteiger partial charge is 0.272 e. The summed E-state index contributed by atoms with van der Waals surface area (Å²) in [6.07, 6.45) is 5.00. The van der Waals surface area contributed by atoms with E-state index in [4.69, 9.17) is 0 Å². The Balaban J connectivity index is 1.51. The maximum atomic E-state index is 12.8. The average Bonchev–Trinajstić information content (AvgIpc) is 2.68. The third-order valence-corrected chi connectivity index (χ3v) is 5.53. The third kappa shape index (κ3) is 3.39. The summed E-state index contributed by atoms with van der Waals surface area (Å²) < 4.78 is 0.